The van der Waals surface area contributed by atoms with Crippen LogP contribution in [0.3, 0.4) is 0 Å². The molecule has 6 aliphatic rings. The fourth-order valence-corrected chi connectivity index (χ4v) is 9.87. The number of carbonyl (C=O) groups is 4. The summed E-state index contributed by atoms with van der Waals surface area (Å²) in [6.07, 6.45) is 18.2. The largest absolute Gasteiger partial charge is 0.459 e. The Labute approximate surface area is 420 Å². The third-order valence-electron chi connectivity index (χ3n) is 14.0. The normalized spacial score (nSPS) is 39.3. The van der Waals surface area contributed by atoms with Crippen molar-refractivity contribution in [1.82, 2.24) is 10.6 Å². The molecule has 2 amide bonds. The standard InChI is InChI=1S/C27H41NO8.C27H41NO7/c1-16(8-11-23-25(31)27(15-33-27)14-26(6,32)36-23)7-10-22-17(2)13-21(19(4)35-22)28-24(30)12-9-18(3)34-20(5)29;1-16(8-11-24-26(31)27(15-32-27)14-19(4)34-24)7-10-23-17(2)13-22(20(5)35-23)28-25(30)12-9-18(3)33-21(6)29/h7-9,11-12,17-19,21-23,25,31-32H,10,13-15H2,1-6H3,(H,28,30);7-9,11-12,17-20,22-24,26,31H,10,13-15H2,1-6H3,(H,28,30)/b2*11-8+,12-9-,16-7+/t17-,18-,19+,21+,22-,23+,25+,26-,27+;17-,18-,19-,20+,22+,23-,24+,26+,27+/m00/s1. The van der Waals surface area contributed by atoms with Gasteiger partial charge < -0.3 is 63.8 Å². The second kappa shape index (κ2) is 25.3. The zero-order valence-electron chi connectivity index (χ0n) is 43.8. The fourth-order valence-electron chi connectivity index (χ4n) is 9.87. The van der Waals surface area contributed by atoms with Gasteiger partial charge in [-0.1, -0.05) is 61.4 Å². The van der Waals surface area contributed by atoms with Crippen molar-refractivity contribution in [3.8, 4) is 0 Å². The Bertz CT molecular complexity index is 2020. The van der Waals surface area contributed by atoms with E-state index in [1.54, 1.807) is 39.0 Å². The van der Waals surface area contributed by atoms with Crippen LogP contribution in [-0.4, -0.2) is 149 Å². The first kappa shape index (κ1) is 57.9. The van der Waals surface area contributed by atoms with E-state index in [1.807, 2.05) is 52.8 Å². The molecule has 0 radical (unpaired) electrons. The molecule has 0 aliphatic carbocycles. The number of hydrogen-bond donors (Lipinski definition) is 5. The fraction of sp³-hybridized carbons (Fsp3) is 0.704. The van der Waals surface area contributed by atoms with Gasteiger partial charge in [-0.2, -0.15) is 0 Å². The van der Waals surface area contributed by atoms with Crippen molar-refractivity contribution < 1.29 is 72.4 Å². The van der Waals surface area contributed by atoms with Gasteiger partial charge in [-0.15, -0.1) is 0 Å². The smallest absolute Gasteiger partial charge is 0.303 e. The lowest BCUT2D eigenvalue weighted by molar-refractivity contribution is -0.272. The Hall–Kier alpha value is -4.04. The summed E-state index contributed by atoms with van der Waals surface area (Å²) < 4.78 is 45.0. The Morgan fingerprint density at radius 3 is 1.51 bits per heavy atom. The highest BCUT2D eigenvalue weighted by molar-refractivity contribution is 5.88. The van der Waals surface area contributed by atoms with Crippen LogP contribution < -0.4 is 10.6 Å². The minimum Gasteiger partial charge on any atom is -0.459 e. The van der Waals surface area contributed by atoms with E-state index in [0.29, 0.717) is 19.6 Å². The van der Waals surface area contributed by atoms with Gasteiger partial charge in [-0.3, -0.25) is 19.2 Å². The van der Waals surface area contributed by atoms with Crippen LogP contribution in [0, 0.1) is 11.8 Å². The van der Waals surface area contributed by atoms with E-state index >= 15 is 0 Å². The summed E-state index contributed by atoms with van der Waals surface area (Å²) >= 11 is 0. The maximum Gasteiger partial charge on any atom is 0.303 e. The quantitative estimate of drug-likeness (QED) is 0.0571. The highest BCUT2D eigenvalue weighted by Gasteiger charge is 2.61. The number of rotatable bonds is 16. The number of amides is 2. The molecule has 17 heteroatoms. The second-order valence-corrected chi connectivity index (χ2v) is 21.0. The van der Waals surface area contributed by atoms with Crippen molar-refractivity contribution in [1.29, 1.82) is 0 Å². The lowest BCUT2D eigenvalue weighted by Crippen LogP contribution is -2.54. The number of hydrogen-bond acceptors (Lipinski definition) is 15. The number of ether oxygens (including phenoxy) is 8. The second-order valence-electron chi connectivity index (χ2n) is 21.0. The van der Waals surface area contributed by atoms with Crippen molar-refractivity contribution in [3.05, 3.63) is 71.9 Å². The molecule has 0 saturated carbocycles. The topological polar surface area (TPSA) is 233 Å². The molecule has 0 unspecified atom stereocenters. The lowest BCUT2D eigenvalue weighted by atomic mass is 9.87. The Balaban J connectivity index is 0.000000264. The molecule has 2 spiro atoms. The molecule has 71 heavy (non-hydrogen) atoms. The zero-order valence-corrected chi connectivity index (χ0v) is 43.8. The highest BCUT2D eigenvalue weighted by atomic mass is 16.7. The number of carbonyl (C=O) groups excluding carboxylic acids is 4. The average molecular weight is 999 g/mol. The van der Waals surface area contributed by atoms with Crippen LogP contribution in [0.25, 0.3) is 0 Å². The molecule has 6 heterocycles. The lowest BCUT2D eigenvalue weighted by Gasteiger charge is -2.40. The summed E-state index contributed by atoms with van der Waals surface area (Å²) in [6, 6.07) is -0.201. The van der Waals surface area contributed by atoms with Crippen LogP contribution in [-0.2, 0) is 57.1 Å². The van der Waals surface area contributed by atoms with E-state index in [0.717, 1.165) is 36.8 Å². The van der Waals surface area contributed by atoms with E-state index in [-0.39, 0.29) is 84.7 Å². The third-order valence-corrected chi connectivity index (χ3v) is 14.0. The van der Waals surface area contributed by atoms with Gasteiger partial charge in [0.2, 0.25) is 11.8 Å². The third kappa shape index (κ3) is 17.6. The average Bonchev–Trinajstić information content (AvgIpc) is 4.22. The zero-order chi connectivity index (χ0) is 52.4. The Kier molecular flexibility index (Phi) is 20.6. The molecule has 0 aromatic heterocycles. The molecule has 398 valence electrons. The first-order valence-electron chi connectivity index (χ1n) is 25.3. The maximum atomic E-state index is 12.3. The molecule has 5 N–H and O–H groups in total. The molecule has 6 rings (SSSR count). The van der Waals surface area contributed by atoms with Crippen molar-refractivity contribution in [3.63, 3.8) is 0 Å². The van der Waals surface area contributed by atoms with Gasteiger partial charge in [-0.25, -0.2) is 0 Å². The van der Waals surface area contributed by atoms with Gasteiger partial charge in [-0.05, 0) is 105 Å². The van der Waals surface area contributed by atoms with E-state index in [1.165, 1.54) is 26.0 Å². The molecular formula is C54H82N2O15. The summed E-state index contributed by atoms with van der Waals surface area (Å²) in [4.78, 5) is 46.6. The highest BCUT2D eigenvalue weighted by Crippen LogP contribution is 2.46. The van der Waals surface area contributed by atoms with Crippen LogP contribution in [0.2, 0.25) is 0 Å². The number of nitrogens with one attached hydrogen (secondary N) is 2. The SMILES string of the molecule is CC(=O)O[C@@H](C)/C=C\C(=O)N[C@@H]1C[C@H](C)[C@H](C/C=C(C)/C=C/[C@H]2O[C@@H](C)C[C@@]3(CO3)[C@@H]2O)O[C@@H]1C.CC(=O)O[C@@H](C)/C=C\C(=O)N[C@@H]1C[C@H](C)[C@H](C/C=C(C)/C=C/[C@H]2O[C@](C)(O)C[C@@]3(CO3)[C@@H]2O)O[C@@H]1C. The molecule has 6 saturated heterocycles. The number of epoxide rings is 2. The predicted molar refractivity (Wildman–Crippen MR) is 264 cm³/mol. The summed E-state index contributed by atoms with van der Waals surface area (Å²) in [5, 5.41) is 37.5. The van der Waals surface area contributed by atoms with Crippen LogP contribution in [0.15, 0.2) is 71.9 Å². The molecule has 6 fully saturated rings. The van der Waals surface area contributed by atoms with Gasteiger partial charge >= 0.3 is 11.9 Å². The van der Waals surface area contributed by atoms with Crippen LogP contribution >= 0.6 is 0 Å². The predicted octanol–water partition coefficient (Wildman–Crippen LogP) is 5.30. The number of esters is 2. The number of aliphatic hydroxyl groups is 3. The number of aliphatic hydroxyl groups excluding tert-OH is 2. The summed E-state index contributed by atoms with van der Waals surface area (Å²) in [5.41, 5.74) is 0.940. The molecule has 0 bridgehead atoms. The molecule has 0 aromatic rings. The van der Waals surface area contributed by atoms with Gasteiger partial charge in [0.25, 0.3) is 0 Å². The van der Waals surface area contributed by atoms with Gasteiger partial charge in [0.05, 0.1) is 55.8 Å². The Morgan fingerprint density at radius 2 is 1.08 bits per heavy atom. The molecule has 17 nitrogen and oxygen atoms in total. The molecule has 18 atom stereocenters. The first-order chi connectivity index (χ1) is 33.3. The molecule has 0 aromatic carbocycles. The number of allylic oxidation sites excluding steroid dienone is 4. The van der Waals surface area contributed by atoms with Crippen molar-refractivity contribution >= 4 is 23.8 Å². The van der Waals surface area contributed by atoms with Gasteiger partial charge in [0, 0.05) is 38.8 Å². The summed E-state index contributed by atoms with van der Waals surface area (Å²) in [7, 11) is 0. The summed E-state index contributed by atoms with van der Waals surface area (Å²) in [6.45, 7) is 22.9. The minimum absolute atomic E-state index is 0.0106. The van der Waals surface area contributed by atoms with E-state index in [9.17, 15) is 34.5 Å². The van der Waals surface area contributed by atoms with Crippen LogP contribution in [0.4, 0.5) is 0 Å². The Morgan fingerprint density at radius 1 is 0.662 bits per heavy atom. The van der Waals surface area contributed by atoms with E-state index in [4.69, 9.17) is 37.9 Å². The minimum atomic E-state index is -1.34. The summed E-state index contributed by atoms with van der Waals surface area (Å²) in [5.74, 6) is -2.09. The molecule has 6 aliphatic heterocycles. The monoisotopic (exact) mass is 999 g/mol. The van der Waals surface area contributed by atoms with Crippen molar-refractivity contribution in [2.45, 2.75) is 218 Å². The van der Waals surface area contributed by atoms with E-state index in [2.05, 4.69) is 36.6 Å². The van der Waals surface area contributed by atoms with Crippen molar-refractivity contribution in [2.75, 3.05) is 13.2 Å². The first-order valence-corrected chi connectivity index (χ1v) is 25.3. The van der Waals surface area contributed by atoms with Crippen LogP contribution in [0.5, 0.6) is 0 Å². The van der Waals surface area contributed by atoms with Gasteiger partial charge in [0.1, 0.15) is 47.8 Å². The maximum absolute atomic E-state index is 12.3. The van der Waals surface area contributed by atoms with Crippen molar-refractivity contribution in [2.24, 2.45) is 11.8 Å². The van der Waals surface area contributed by atoms with Gasteiger partial charge in [0.15, 0.2) is 5.79 Å². The molecular weight excluding hydrogens is 917 g/mol. The van der Waals surface area contributed by atoms with E-state index < -0.39 is 53.5 Å². The van der Waals surface area contributed by atoms with Crippen LogP contribution in [0.1, 0.15) is 122 Å².